The summed E-state index contributed by atoms with van der Waals surface area (Å²) in [7, 11) is 0. The third-order valence-electron chi connectivity index (χ3n) is 1.54. The van der Waals surface area contributed by atoms with Crippen LogP contribution in [-0.2, 0) is 14.4 Å². The zero-order chi connectivity index (χ0) is 9.14. The molecule has 0 spiro atoms. The number of hydroxylamine groups is 2. The Morgan fingerprint density at radius 1 is 1.33 bits per heavy atom. The Balaban J connectivity index is 2.40. The van der Waals surface area contributed by atoms with Crippen LogP contribution in [0.3, 0.4) is 0 Å². The lowest BCUT2D eigenvalue weighted by atomic mass is 10.2. The van der Waals surface area contributed by atoms with Crippen molar-refractivity contribution < 1.29 is 14.4 Å². The summed E-state index contributed by atoms with van der Waals surface area (Å²) in [5, 5.41) is 0.889. The molecule has 0 bridgehead atoms. The van der Waals surface area contributed by atoms with E-state index in [1.165, 1.54) is 0 Å². The van der Waals surface area contributed by atoms with Crippen LogP contribution < -0.4 is 0 Å². The highest BCUT2D eigenvalue weighted by Gasteiger charge is 2.30. The largest absolute Gasteiger partial charge is 0.272 e. The van der Waals surface area contributed by atoms with Gasteiger partial charge in [0.25, 0.3) is 11.8 Å². The molecule has 4 nitrogen and oxygen atoms in total. The predicted octanol–water partition coefficient (Wildman–Crippen LogP) is 0.723. The number of carbonyl (C=O) groups is 2. The molecule has 2 amide bonds. The Morgan fingerprint density at radius 3 is 2.25 bits per heavy atom. The van der Waals surface area contributed by atoms with E-state index in [1.54, 1.807) is 0 Å². The minimum absolute atomic E-state index is 0.222. The van der Waals surface area contributed by atoms with Gasteiger partial charge in [-0.15, -0.1) is 0 Å². The van der Waals surface area contributed by atoms with Crippen molar-refractivity contribution in [2.24, 2.45) is 5.92 Å². The molecule has 0 aromatic rings. The molecular weight excluding hydrogens is 158 g/mol. The summed E-state index contributed by atoms with van der Waals surface area (Å²) in [6.45, 7) is 4.34. The van der Waals surface area contributed by atoms with Gasteiger partial charge in [0.1, 0.15) is 0 Å². The van der Waals surface area contributed by atoms with Gasteiger partial charge in [-0.2, -0.15) is 5.06 Å². The normalized spacial score (nSPS) is 18.1. The lowest BCUT2D eigenvalue weighted by Gasteiger charge is -2.14. The molecule has 1 rings (SSSR count). The number of imide groups is 1. The van der Waals surface area contributed by atoms with Gasteiger partial charge in [-0.1, -0.05) is 13.8 Å². The van der Waals surface area contributed by atoms with Gasteiger partial charge in [-0.25, -0.2) is 0 Å². The molecule has 68 valence electrons. The molecular formula is C8H13NO3. The molecule has 0 unspecified atom stereocenters. The first-order valence-corrected chi connectivity index (χ1v) is 4.10. The molecule has 0 N–H and O–H groups in total. The molecule has 0 aromatic heterocycles. The first kappa shape index (κ1) is 9.19. The molecule has 0 radical (unpaired) electrons. The summed E-state index contributed by atoms with van der Waals surface area (Å²) >= 11 is 0. The number of carbonyl (C=O) groups excluding carboxylic acids is 2. The van der Waals surface area contributed by atoms with Crippen molar-refractivity contribution >= 4 is 11.8 Å². The van der Waals surface area contributed by atoms with E-state index >= 15 is 0 Å². The Bertz CT molecular complexity index is 184. The van der Waals surface area contributed by atoms with E-state index in [-0.39, 0.29) is 24.7 Å². The number of hydrogen-bond donors (Lipinski definition) is 0. The fourth-order valence-corrected chi connectivity index (χ4v) is 0.924. The lowest BCUT2D eigenvalue weighted by molar-refractivity contribution is -0.190. The van der Waals surface area contributed by atoms with Gasteiger partial charge in [0.15, 0.2) is 0 Å². The van der Waals surface area contributed by atoms with Crippen LogP contribution in [0, 0.1) is 5.92 Å². The summed E-state index contributed by atoms with van der Waals surface area (Å²) in [6, 6.07) is 0. The average Bonchev–Trinajstić information content (AvgIpc) is 2.28. The Hall–Kier alpha value is -0.900. The second kappa shape index (κ2) is 3.67. The van der Waals surface area contributed by atoms with Crippen molar-refractivity contribution in [2.75, 3.05) is 6.61 Å². The van der Waals surface area contributed by atoms with Gasteiger partial charge in [0.05, 0.1) is 6.61 Å². The SMILES string of the molecule is CC(C)CON1C(=O)CCC1=O. The molecule has 0 saturated carbocycles. The summed E-state index contributed by atoms with van der Waals surface area (Å²) < 4.78 is 0. The van der Waals surface area contributed by atoms with Crippen LogP contribution in [0.15, 0.2) is 0 Å². The van der Waals surface area contributed by atoms with Gasteiger partial charge in [0, 0.05) is 12.8 Å². The molecule has 1 saturated heterocycles. The molecule has 4 heteroatoms. The van der Waals surface area contributed by atoms with Crippen LogP contribution in [0.4, 0.5) is 0 Å². The fraction of sp³-hybridized carbons (Fsp3) is 0.750. The summed E-state index contributed by atoms with van der Waals surface area (Å²) in [6.07, 6.45) is 0.577. The van der Waals surface area contributed by atoms with Crippen LogP contribution >= 0.6 is 0 Å². The second-order valence-electron chi connectivity index (χ2n) is 3.27. The summed E-state index contributed by atoms with van der Waals surface area (Å²) in [5.74, 6) is -0.118. The fourth-order valence-electron chi connectivity index (χ4n) is 0.924. The van der Waals surface area contributed by atoms with E-state index in [9.17, 15) is 9.59 Å². The van der Waals surface area contributed by atoms with E-state index in [0.717, 1.165) is 5.06 Å². The van der Waals surface area contributed by atoms with Gasteiger partial charge in [0.2, 0.25) is 0 Å². The van der Waals surface area contributed by atoms with Crippen molar-refractivity contribution in [3.63, 3.8) is 0 Å². The van der Waals surface area contributed by atoms with Crippen molar-refractivity contribution in [3.05, 3.63) is 0 Å². The number of amides is 2. The minimum Gasteiger partial charge on any atom is -0.272 e. The van der Waals surface area contributed by atoms with Crippen molar-refractivity contribution in [1.29, 1.82) is 0 Å². The molecule has 0 aromatic carbocycles. The van der Waals surface area contributed by atoms with E-state index < -0.39 is 0 Å². The highest BCUT2D eigenvalue weighted by Crippen LogP contribution is 2.12. The molecule has 1 fully saturated rings. The lowest BCUT2D eigenvalue weighted by Crippen LogP contribution is -2.30. The third kappa shape index (κ3) is 2.04. The Labute approximate surface area is 71.4 Å². The molecule has 1 heterocycles. The maximum absolute atomic E-state index is 11.0. The van der Waals surface area contributed by atoms with Crippen molar-refractivity contribution in [1.82, 2.24) is 5.06 Å². The average molecular weight is 171 g/mol. The highest BCUT2D eigenvalue weighted by atomic mass is 16.7. The standard InChI is InChI=1S/C8H13NO3/c1-6(2)5-12-9-7(10)3-4-8(9)11/h6H,3-5H2,1-2H3. The summed E-state index contributed by atoms with van der Waals surface area (Å²) in [5.41, 5.74) is 0. The topological polar surface area (TPSA) is 46.6 Å². The van der Waals surface area contributed by atoms with Gasteiger partial charge >= 0.3 is 0 Å². The number of hydrogen-bond acceptors (Lipinski definition) is 3. The van der Waals surface area contributed by atoms with Crippen LogP contribution in [0.1, 0.15) is 26.7 Å². The highest BCUT2D eigenvalue weighted by molar-refractivity contribution is 6.00. The number of nitrogens with zero attached hydrogens (tertiary/aromatic N) is 1. The van der Waals surface area contributed by atoms with E-state index in [0.29, 0.717) is 12.5 Å². The van der Waals surface area contributed by atoms with Gasteiger partial charge < -0.3 is 0 Å². The molecule has 0 atom stereocenters. The minimum atomic E-state index is -0.222. The zero-order valence-corrected chi connectivity index (χ0v) is 7.37. The molecule has 1 aliphatic rings. The van der Waals surface area contributed by atoms with E-state index in [2.05, 4.69) is 0 Å². The van der Waals surface area contributed by atoms with Crippen molar-refractivity contribution in [3.8, 4) is 0 Å². The Kier molecular flexibility index (Phi) is 2.81. The van der Waals surface area contributed by atoms with Crippen molar-refractivity contribution in [2.45, 2.75) is 26.7 Å². The maximum atomic E-state index is 11.0. The zero-order valence-electron chi connectivity index (χ0n) is 7.37. The monoisotopic (exact) mass is 171 g/mol. The van der Waals surface area contributed by atoms with E-state index in [4.69, 9.17) is 4.84 Å². The molecule has 0 aliphatic carbocycles. The first-order valence-electron chi connectivity index (χ1n) is 4.10. The smallest absolute Gasteiger partial charge is 0.253 e. The first-order chi connectivity index (χ1) is 5.61. The van der Waals surface area contributed by atoms with Gasteiger partial charge in [-0.3, -0.25) is 14.4 Å². The van der Waals surface area contributed by atoms with E-state index in [1.807, 2.05) is 13.8 Å². The second-order valence-corrected chi connectivity index (χ2v) is 3.27. The molecule has 12 heavy (non-hydrogen) atoms. The predicted molar refractivity (Wildman–Crippen MR) is 41.9 cm³/mol. The van der Waals surface area contributed by atoms with Crippen LogP contribution in [0.5, 0.6) is 0 Å². The summed E-state index contributed by atoms with van der Waals surface area (Å²) in [4.78, 5) is 27.0. The van der Waals surface area contributed by atoms with Crippen LogP contribution in [0.2, 0.25) is 0 Å². The quantitative estimate of drug-likeness (QED) is 0.588. The third-order valence-corrected chi connectivity index (χ3v) is 1.54. The maximum Gasteiger partial charge on any atom is 0.253 e. The molecule has 1 aliphatic heterocycles. The number of rotatable bonds is 3. The Morgan fingerprint density at radius 2 is 1.83 bits per heavy atom. The van der Waals surface area contributed by atoms with Gasteiger partial charge in [-0.05, 0) is 5.92 Å². The van der Waals surface area contributed by atoms with Crippen LogP contribution in [0.25, 0.3) is 0 Å². The van der Waals surface area contributed by atoms with Crippen LogP contribution in [-0.4, -0.2) is 23.5 Å².